The third kappa shape index (κ3) is 2.77. The number of aromatic nitrogens is 1. The van der Waals surface area contributed by atoms with E-state index in [0.717, 1.165) is 5.56 Å². The Morgan fingerprint density at radius 3 is 2.75 bits per heavy atom. The lowest BCUT2D eigenvalue weighted by Crippen LogP contribution is -2.19. The van der Waals surface area contributed by atoms with E-state index in [-0.39, 0.29) is 11.3 Å². The molecule has 0 radical (unpaired) electrons. The highest BCUT2D eigenvalue weighted by molar-refractivity contribution is 7.12. The largest absolute Gasteiger partial charge is 0.465 e. The summed E-state index contributed by atoms with van der Waals surface area (Å²) in [6, 6.07) is 4.28. The smallest absolute Gasteiger partial charge is 0.350 e. The number of methoxy groups -OCH3 is 1. The summed E-state index contributed by atoms with van der Waals surface area (Å²) in [4.78, 5) is 37.6. The first-order valence-electron chi connectivity index (χ1n) is 5.70. The first kappa shape index (κ1) is 14.0. The van der Waals surface area contributed by atoms with Crippen LogP contribution in [0.15, 0.2) is 28.4 Å². The van der Waals surface area contributed by atoms with Gasteiger partial charge in [-0.2, -0.15) is 0 Å². The maximum atomic E-state index is 12.1. The van der Waals surface area contributed by atoms with Crippen LogP contribution in [0.5, 0.6) is 0 Å². The molecule has 6 nitrogen and oxygen atoms in total. The first-order valence-corrected chi connectivity index (χ1v) is 6.58. The summed E-state index contributed by atoms with van der Waals surface area (Å²) >= 11 is 1.19. The van der Waals surface area contributed by atoms with E-state index in [1.165, 1.54) is 36.6 Å². The van der Waals surface area contributed by atoms with Gasteiger partial charge in [0, 0.05) is 6.07 Å². The quantitative estimate of drug-likeness (QED) is 0.844. The van der Waals surface area contributed by atoms with Crippen LogP contribution in [0.2, 0.25) is 0 Å². The van der Waals surface area contributed by atoms with Crippen molar-refractivity contribution in [3.05, 3.63) is 50.1 Å². The van der Waals surface area contributed by atoms with Gasteiger partial charge in [-0.15, -0.1) is 11.3 Å². The number of rotatable bonds is 3. The molecule has 0 unspecified atom stereocenters. The molecule has 2 rings (SSSR count). The van der Waals surface area contributed by atoms with Crippen LogP contribution < -0.4 is 10.9 Å². The molecule has 20 heavy (non-hydrogen) atoms. The van der Waals surface area contributed by atoms with E-state index in [4.69, 9.17) is 0 Å². The van der Waals surface area contributed by atoms with Crippen LogP contribution in [0.25, 0.3) is 0 Å². The van der Waals surface area contributed by atoms with Crippen molar-refractivity contribution in [3.8, 4) is 0 Å². The number of hydrogen-bond acceptors (Lipinski definition) is 5. The van der Waals surface area contributed by atoms with Crippen molar-refractivity contribution in [3.63, 3.8) is 0 Å². The zero-order valence-electron chi connectivity index (χ0n) is 10.9. The van der Waals surface area contributed by atoms with Gasteiger partial charge in [-0.3, -0.25) is 9.59 Å². The molecule has 0 aliphatic heterocycles. The number of nitrogens with one attached hydrogen (secondary N) is 2. The molecule has 2 aromatic rings. The van der Waals surface area contributed by atoms with Gasteiger partial charge in [0.1, 0.15) is 10.6 Å². The Morgan fingerprint density at radius 2 is 2.10 bits per heavy atom. The van der Waals surface area contributed by atoms with Crippen LogP contribution >= 0.6 is 11.3 Å². The predicted octanol–water partition coefficient (Wildman–Crippen LogP) is 1.78. The van der Waals surface area contributed by atoms with Crippen molar-refractivity contribution in [2.45, 2.75) is 6.92 Å². The van der Waals surface area contributed by atoms with Crippen molar-refractivity contribution < 1.29 is 14.3 Å². The summed E-state index contributed by atoms with van der Waals surface area (Å²) in [7, 11) is 1.28. The lowest BCUT2D eigenvalue weighted by Gasteiger charge is -2.07. The second kappa shape index (κ2) is 5.70. The summed E-state index contributed by atoms with van der Waals surface area (Å²) in [6.07, 6.45) is 0. The van der Waals surface area contributed by atoms with Crippen LogP contribution in [-0.4, -0.2) is 24.0 Å². The molecule has 0 aliphatic carbocycles. The normalized spacial score (nSPS) is 10.1. The lowest BCUT2D eigenvalue weighted by atomic mass is 10.2. The number of carbonyl (C=O) groups excluding carboxylic acids is 2. The van der Waals surface area contributed by atoms with Gasteiger partial charge in [0.25, 0.3) is 5.91 Å². The van der Waals surface area contributed by atoms with E-state index in [1.54, 1.807) is 12.3 Å². The summed E-state index contributed by atoms with van der Waals surface area (Å²) in [6.45, 7) is 1.77. The zero-order valence-corrected chi connectivity index (χ0v) is 11.7. The van der Waals surface area contributed by atoms with E-state index in [2.05, 4.69) is 15.0 Å². The van der Waals surface area contributed by atoms with E-state index in [0.29, 0.717) is 10.6 Å². The molecule has 0 bridgehead atoms. The lowest BCUT2D eigenvalue weighted by molar-refractivity contribution is 0.0607. The summed E-state index contributed by atoms with van der Waals surface area (Å²) in [5, 5.41) is 4.36. The van der Waals surface area contributed by atoms with Crippen molar-refractivity contribution in [2.24, 2.45) is 0 Å². The number of hydrogen-bond donors (Lipinski definition) is 2. The van der Waals surface area contributed by atoms with Gasteiger partial charge in [-0.25, -0.2) is 4.79 Å². The average molecular weight is 292 g/mol. The minimum Gasteiger partial charge on any atom is -0.465 e. The molecular formula is C13H12N2O4S. The highest BCUT2D eigenvalue weighted by Crippen LogP contribution is 2.28. The molecule has 104 valence electrons. The Hall–Kier alpha value is -2.41. The minimum absolute atomic E-state index is 0.124. The van der Waals surface area contributed by atoms with E-state index in [1.807, 2.05) is 0 Å². The molecule has 2 aromatic heterocycles. The number of amides is 1. The SMILES string of the molecule is COC(=O)c1scc(C)c1NC(=O)c1cccc(=O)[nH]1. The fraction of sp³-hybridized carbons (Fsp3) is 0.154. The maximum Gasteiger partial charge on any atom is 0.350 e. The van der Waals surface area contributed by atoms with Crippen LogP contribution in [0.4, 0.5) is 5.69 Å². The van der Waals surface area contributed by atoms with Gasteiger partial charge < -0.3 is 15.0 Å². The number of carbonyl (C=O) groups is 2. The topological polar surface area (TPSA) is 88.3 Å². The monoisotopic (exact) mass is 292 g/mol. The van der Waals surface area contributed by atoms with Gasteiger partial charge in [0.05, 0.1) is 12.8 Å². The molecule has 0 fully saturated rings. The number of H-pyrrole nitrogens is 1. The highest BCUT2D eigenvalue weighted by atomic mass is 32.1. The van der Waals surface area contributed by atoms with E-state index < -0.39 is 11.9 Å². The fourth-order valence-corrected chi connectivity index (χ4v) is 2.53. The van der Waals surface area contributed by atoms with E-state index >= 15 is 0 Å². The number of anilines is 1. The number of esters is 1. The van der Waals surface area contributed by atoms with Gasteiger partial charge in [0.2, 0.25) is 5.56 Å². The molecule has 7 heteroatoms. The molecule has 0 saturated heterocycles. The molecule has 1 amide bonds. The number of thiophene rings is 1. The third-order valence-corrected chi connectivity index (χ3v) is 3.68. The van der Waals surface area contributed by atoms with Crippen molar-refractivity contribution in [1.29, 1.82) is 0 Å². The maximum absolute atomic E-state index is 12.1. The molecule has 0 saturated carbocycles. The second-order valence-electron chi connectivity index (χ2n) is 4.00. The number of pyridine rings is 1. The first-order chi connectivity index (χ1) is 9.52. The predicted molar refractivity (Wildman–Crippen MR) is 75.4 cm³/mol. The number of aromatic amines is 1. The minimum atomic E-state index is -0.514. The summed E-state index contributed by atoms with van der Waals surface area (Å²) in [5.74, 6) is -1.01. The van der Waals surface area contributed by atoms with Crippen LogP contribution in [0.3, 0.4) is 0 Å². The Morgan fingerprint density at radius 1 is 1.35 bits per heavy atom. The molecule has 0 aromatic carbocycles. The third-order valence-electron chi connectivity index (χ3n) is 2.60. The average Bonchev–Trinajstić information content (AvgIpc) is 2.79. The highest BCUT2D eigenvalue weighted by Gasteiger charge is 2.19. The Balaban J connectivity index is 2.30. The van der Waals surface area contributed by atoms with Crippen molar-refractivity contribution in [1.82, 2.24) is 4.98 Å². The summed E-state index contributed by atoms with van der Waals surface area (Å²) < 4.78 is 4.66. The van der Waals surface area contributed by atoms with Crippen LogP contribution in [-0.2, 0) is 4.74 Å². The molecule has 0 atom stereocenters. The molecule has 0 spiro atoms. The molecule has 2 heterocycles. The number of aryl methyl sites for hydroxylation is 1. The molecule has 0 aliphatic rings. The van der Waals surface area contributed by atoms with Crippen LogP contribution in [0.1, 0.15) is 25.7 Å². The van der Waals surface area contributed by atoms with Crippen LogP contribution in [0, 0.1) is 6.92 Å². The fourth-order valence-electron chi connectivity index (χ4n) is 1.60. The molecular weight excluding hydrogens is 280 g/mol. The van der Waals surface area contributed by atoms with E-state index in [9.17, 15) is 14.4 Å². The van der Waals surface area contributed by atoms with Crippen molar-refractivity contribution in [2.75, 3.05) is 12.4 Å². The zero-order chi connectivity index (χ0) is 14.7. The van der Waals surface area contributed by atoms with Gasteiger partial charge in [0.15, 0.2) is 0 Å². The summed E-state index contributed by atoms with van der Waals surface area (Å²) in [5.41, 5.74) is 0.908. The number of ether oxygens (including phenoxy) is 1. The molecule has 2 N–H and O–H groups in total. The standard InChI is InChI=1S/C13H12N2O4S/c1-7-6-20-11(13(18)19-2)10(7)15-12(17)8-4-3-5-9(16)14-8/h3-6H,1-2H3,(H,14,16)(H,15,17). The van der Waals surface area contributed by atoms with Gasteiger partial charge >= 0.3 is 5.97 Å². The van der Waals surface area contributed by atoms with Gasteiger partial charge in [-0.1, -0.05) is 6.07 Å². The Bertz CT molecular complexity index is 717. The van der Waals surface area contributed by atoms with Gasteiger partial charge in [-0.05, 0) is 23.9 Å². The Labute approximate surface area is 118 Å². The second-order valence-corrected chi connectivity index (χ2v) is 4.88. The van der Waals surface area contributed by atoms with Crippen molar-refractivity contribution >= 4 is 28.9 Å². The Kier molecular flexibility index (Phi) is 3.99.